The van der Waals surface area contributed by atoms with E-state index in [0.29, 0.717) is 12.2 Å². The first-order chi connectivity index (χ1) is 23.9. The van der Waals surface area contributed by atoms with Gasteiger partial charge in [-0.15, -0.1) is 5.10 Å². The van der Waals surface area contributed by atoms with Crippen LogP contribution in [0, 0.1) is 5.92 Å². The number of H-pyrrole nitrogens is 1. The van der Waals surface area contributed by atoms with Gasteiger partial charge in [0.05, 0.1) is 17.4 Å². The van der Waals surface area contributed by atoms with Crippen molar-refractivity contribution in [1.29, 1.82) is 0 Å². The number of unbranched alkanes of at least 4 members (excludes halogenated alkanes) is 1. The molecule has 0 spiro atoms. The summed E-state index contributed by atoms with van der Waals surface area (Å²) in [4.78, 5) is 50.4. The van der Waals surface area contributed by atoms with Crippen LogP contribution in [0.1, 0.15) is 65.4 Å². The van der Waals surface area contributed by atoms with E-state index in [1.54, 1.807) is 4.90 Å². The maximum Gasteiger partial charge on any atom is 0.325 e. The number of aromatic amines is 1. The van der Waals surface area contributed by atoms with Crippen molar-refractivity contribution in [3.8, 4) is 22.5 Å². The third-order valence-electron chi connectivity index (χ3n) is 7.76. The van der Waals surface area contributed by atoms with Crippen LogP contribution in [0.4, 0.5) is 0 Å². The van der Waals surface area contributed by atoms with Crippen LogP contribution < -0.4 is 5.32 Å². The van der Waals surface area contributed by atoms with Gasteiger partial charge in [-0.1, -0.05) is 75.7 Å². The van der Waals surface area contributed by atoms with Gasteiger partial charge < -0.3 is 15.0 Å². The van der Waals surface area contributed by atoms with Crippen molar-refractivity contribution in [2.75, 3.05) is 13.2 Å². The summed E-state index contributed by atoms with van der Waals surface area (Å²) in [6.07, 6.45) is -0.144. The number of carbonyl (C=O) groups is 3. The maximum absolute atomic E-state index is 13.5. The minimum atomic E-state index is -1.06. The first-order valence-electron chi connectivity index (χ1n) is 16.3. The molecule has 0 bridgehead atoms. The molecule has 0 saturated carbocycles. The van der Waals surface area contributed by atoms with Crippen LogP contribution in [0.5, 0.6) is 0 Å². The molecule has 3 rings (SSSR count). The van der Waals surface area contributed by atoms with E-state index >= 15 is 0 Å². The molecule has 1 heterocycles. The molecule has 3 unspecified atom stereocenters. The summed E-state index contributed by atoms with van der Waals surface area (Å²) in [5, 5.41) is 51.3. The number of nitrogens with one attached hydrogen (secondary N) is 2. The number of hydrogen-bond acceptors (Lipinski definition) is 15. The Bertz CT molecular complexity index is 1470. The summed E-state index contributed by atoms with van der Waals surface area (Å²) in [7, 11) is 0. The Morgan fingerprint density at radius 1 is 0.920 bits per heavy atom. The van der Waals surface area contributed by atoms with Gasteiger partial charge in [-0.2, -0.15) is 0 Å². The van der Waals surface area contributed by atoms with E-state index in [1.165, 1.54) is 6.92 Å². The highest BCUT2D eigenvalue weighted by molar-refractivity contribution is 5.90. The molecule has 3 atom stereocenters. The van der Waals surface area contributed by atoms with E-state index in [1.807, 2.05) is 69.3 Å². The summed E-state index contributed by atoms with van der Waals surface area (Å²) in [5.74, 6) is -1.17. The van der Waals surface area contributed by atoms with Gasteiger partial charge in [0, 0.05) is 18.5 Å². The highest BCUT2D eigenvalue weighted by Crippen LogP contribution is 2.30. The molecule has 0 aliphatic rings. The van der Waals surface area contributed by atoms with Gasteiger partial charge in [-0.05, 0) is 59.2 Å². The topological polar surface area (TPSA) is 236 Å². The lowest BCUT2D eigenvalue weighted by molar-refractivity contribution is -0.537. The predicted molar refractivity (Wildman–Crippen MR) is 173 cm³/mol. The molecule has 2 amide bonds. The Hall–Kier alpha value is -4.40. The van der Waals surface area contributed by atoms with Gasteiger partial charge in [0.15, 0.2) is 5.82 Å². The molecule has 0 fully saturated rings. The quantitative estimate of drug-likeness (QED) is 0.0531. The zero-order valence-electron chi connectivity index (χ0n) is 28.5. The van der Waals surface area contributed by atoms with Crippen molar-refractivity contribution in [1.82, 2.24) is 41.6 Å². The minimum Gasteiger partial charge on any atom is -0.464 e. The number of nitrogens with zero attached hydrogens (tertiary/aromatic N) is 6. The fraction of sp³-hybridized carbons (Fsp3) is 0.500. The minimum absolute atomic E-state index is 0.0585. The lowest BCUT2D eigenvalue weighted by atomic mass is 9.97. The first kappa shape index (κ1) is 40.0. The van der Waals surface area contributed by atoms with E-state index in [2.05, 4.69) is 30.8 Å². The fourth-order valence-corrected chi connectivity index (χ4v) is 5.31. The van der Waals surface area contributed by atoms with E-state index in [4.69, 9.17) is 30.4 Å². The van der Waals surface area contributed by atoms with Gasteiger partial charge >= 0.3 is 5.97 Å². The predicted octanol–water partition coefficient (Wildman–Crippen LogP) is 3.30. The van der Waals surface area contributed by atoms with Gasteiger partial charge in [-0.25, -0.2) is 14.8 Å². The molecule has 0 aliphatic heterocycles. The van der Waals surface area contributed by atoms with Crippen LogP contribution in [-0.2, 0) is 35.3 Å². The SMILES string of the molecule is CCCCC(=O)N(Cc1ccc(-c2ccccc2-c2nnn[nH]2)cc1)C(C(=O)NCC(=O)OCCCC(ON(O)O)C(C)ON(O)O)C(C)C. The lowest BCUT2D eigenvalue weighted by Crippen LogP contribution is -2.52. The van der Waals surface area contributed by atoms with Crippen LogP contribution in [0.3, 0.4) is 0 Å². The molecular formula is C32H46N8O10. The van der Waals surface area contributed by atoms with E-state index < -0.39 is 47.5 Å². The molecular weight excluding hydrogens is 656 g/mol. The molecule has 0 saturated heterocycles. The van der Waals surface area contributed by atoms with Crippen LogP contribution in [0.2, 0.25) is 0 Å². The maximum atomic E-state index is 13.5. The number of hydrogen-bond donors (Lipinski definition) is 6. The zero-order valence-corrected chi connectivity index (χ0v) is 28.5. The van der Waals surface area contributed by atoms with Crippen molar-refractivity contribution in [2.24, 2.45) is 5.92 Å². The second-order valence-electron chi connectivity index (χ2n) is 11.8. The molecule has 18 heteroatoms. The Kier molecular flexibility index (Phi) is 16.3. The van der Waals surface area contributed by atoms with Crippen LogP contribution >= 0.6 is 0 Å². The number of esters is 1. The molecule has 18 nitrogen and oxygen atoms in total. The Balaban J connectivity index is 1.65. The monoisotopic (exact) mass is 702 g/mol. The molecule has 50 heavy (non-hydrogen) atoms. The smallest absolute Gasteiger partial charge is 0.325 e. The highest BCUT2D eigenvalue weighted by Gasteiger charge is 2.32. The van der Waals surface area contributed by atoms with Gasteiger partial charge in [0.1, 0.15) is 24.8 Å². The highest BCUT2D eigenvalue weighted by atomic mass is 17.1. The van der Waals surface area contributed by atoms with Gasteiger partial charge in [-0.3, -0.25) is 35.2 Å². The Morgan fingerprint density at radius 2 is 1.60 bits per heavy atom. The number of ether oxygens (including phenoxy) is 1. The largest absolute Gasteiger partial charge is 0.464 e. The standard InChI is InChI=1S/C32H46N8O10/c1-5-6-13-28(41)38(20-23-14-16-24(17-15-23)25-10-7-8-11-26(25)31-34-36-37-35-31)30(21(2)3)32(43)33-19-29(42)48-18-9-12-27(50-40(46)47)22(4)49-39(44)45/h7-8,10-11,14-17,21-22,27,30,44-47H,5-6,9,12-13,18-20H2,1-4H3,(H,33,43)(H,34,35,36,37). The zero-order chi connectivity index (χ0) is 36.6. The van der Waals surface area contributed by atoms with Crippen molar-refractivity contribution in [2.45, 2.75) is 84.6 Å². The first-order valence-corrected chi connectivity index (χ1v) is 16.3. The van der Waals surface area contributed by atoms with Crippen molar-refractivity contribution >= 4 is 17.8 Å². The average molecular weight is 703 g/mol. The summed E-state index contributed by atoms with van der Waals surface area (Å²) in [6.45, 7) is 6.63. The molecule has 3 aromatic rings. The third-order valence-corrected chi connectivity index (χ3v) is 7.76. The molecule has 6 N–H and O–H groups in total. The third kappa shape index (κ3) is 12.5. The Labute approximate surface area is 289 Å². The second kappa shape index (κ2) is 20.3. The number of amides is 2. The molecule has 0 radical (unpaired) electrons. The van der Waals surface area contributed by atoms with Gasteiger partial charge in [0.2, 0.25) is 11.8 Å². The van der Waals surface area contributed by atoms with E-state index in [9.17, 15) is 14.4 Å². The number of aromatic nitrogens is 4. The Morgan fingerprint density at radius 3 is 2.20 bits per heavy atom. The van der Waals surface area contributed by atoms with Crippen LogP contribution in [-0.4, -0.2) is 106 Å². The average Bonchev–Trinajstić information content (AvgIpc) is 3.62. The number of rotatable bonds is 21. The van der Waals surface area contributed by atoms with Crippen molar-refractivity contribution < 1.29 is 49.6 Å². The second-order valence-corrected chi connectivity index (χ2v) is 11.8. The molecule has 1 aromatic heterocycles. The molecule has 0 aliphatic carbocycles. The fourth-order valence-electron chi connectivity index (χ4n) is 5.31. The summed E-state index contributed by atoms with van der Waals surface area (Å²) in [6, 6.07) is 14.5. The van der Waals surface area contributed by atoms with Crippen molar-refractivity contribution in [3.63, 3.8) is 0 Å². The summed E-state index contributed by atoms with van der Waals surface area (Å²) in [5.41, 5.74) is 3.47. The summed E-state index contributed by atoms with van der Waals surface area (Å²) < 4.78 is 5.19. The van der Waals surface area contributed by atoms with Crippen molar-refractivity contribution in [3.05, 3.63) is 54.1 Å². The van der Waals surface area contributed by atoms with Crippen LogP contribution in [0.25, 0.3) is 22.5 Å². The molecule has 274 valence electrons. The number of carbonyl (C=O) groups excluding carboxylic acids is 3. The van der Waals surface area contributed by atoms with Gasteiger partial charge in [0.25, 0.3) is 0 Å². The normalized spacial score (nSPS) is 13.3. The number of tetrazole rings is 1. The summed E-state index contributed by atoms with van der Waals surface area (Å²) >= 11 is 0. The number of benzene rings is 2. The molecule has 2 aromatic carbocycles. The van der Waals surface area contributed by atoms with Crippen LogP contribution in [0.15, 0.2) is 48.5 Å². The lowest BCUT2D eigenvalue weighted by Gasteiger charge is -2.34. The van der Waals surface area contributed by atoms with E-state index in [-0.39, 0.29) is 44.2 Å². The van der Waals surface area contributed by atoms with E-state index in [0.717, 1.165) is 28.7 Å².